The van der Waals surface area contributed by atoms with Gasteiger partial charge in [0.25, 0.3) is 0 Å². The maximum absolute atomic E-state index is 12.9. The molecule has 0 aromatic rings. The minimum atomic E-state index is -0.715. The summed E-state index contributed by atoms with van der Waals surface area (Å²) >= 11 is 0. The molecule has 20 heavy (non-hydrogen) atoms. The molecule has 0 spiro atoms. The largest absolute Gasteiger partial charge is 0.383 e. The monoisotopic (exact) mass is 286 g/mol. The van der Waals surface area contributed by atoms with Gasteiger partial charge in [0.2, 0.25) is 5.91 Å². The molecule has 0 aromatic carbocycles. The minimum Gasteiger partial charge on any atom is -0.383 e. The van der Waals surface area contributed by atoms with Crippen LogP contribution in [0.3, 0.4) is 0 Å². The van der Waals surface area contributed by atoms with Crippen LogP contribution in [0.25, 0.3) is 0 Å². The number of amides is 1. The second kappa shape index (κ2) is 7.96. The topological polar surface area (TPSA) is 64.8 Å². The Hall–Kier alpha value is -0.650. The van der Waals surface area contributed by atoms with Crippen LogP contribution in [0, 0.1) is 5.92 Å². The Bertz CT molecular complexity index is 311. The van der Waals surface area contributed by atoms with Crippen molar-refractivity contribution in [1.82, 2.24) is 4.90 Å². The van der Waals surface area contributed by atoms with Gasteiger partial charge < -0.3 is 20.1 Å². The molecule has 1 aliphatic carbocycles. The van der Waals surface area contributed by atoms with E-state index >= 15 is 0 Å². The molecule has 2 N–H and O–H groups in total. The Morgan fingerprint density at radius 3 is 2.70 bits per heavy atom. The number of carbonyl (C=O) groups excluding carboxylic acids is 1. The number of carbonyl (C=O) groups is 1. The molecule has 5 nitrogen and oxygen atoms in total. The summed E-state index contributed by atoms with van der Waals surface area (Å²) in [7, 11) is 3.29. The van der Waals surface area contributed by atoms with Crippen LogP contribution in [0.1, 0.15) is 39.5 Å². The highest BCUT2D eigenvalue weighted by Crippen LogP contribution is 2.32. The van der Waals surface area contributed by atoms with Crippen molar-refractivity contribution in [3.63, 3.8) is 0 Å². The molecule has 0 saturated heterocycles. The average Bonchev–Trinajstić information content (AvgIpc) is 2.39. The quantitative estimate of drug-likeness (QED) is 0.768. The van der Waals surface area contributed by atoms with Gasteiger partial charge in [-0.1, -0.05) is 19.8 Å². The van der Waals surface area contributed by atoms with Crippen molar-refractivity contribution in [3.05, 3.63) is 0 Å². The van der Waals surface area contributed by atoms with E-state index in [2.05, 4.69) is 6.92 Å². The van der Waals surface area contributed by atoms with Crippen LogP contribution in [-0.2, 0) is 14.3 Å². The molecule has 0 bridgehead atoms. The van der Waals surface area contributed by atoms with Crippen LogP contribution in [-0.4, -0.2) is 56.4 Å². The molecule has 1 rings (SSSR count). The van der Waals surface area contributed by atoms with E-state index in [1.807, 2.05) is 11.8 Å². The number of methoxy groups -OCH3 is 2. The Morgan fingerprint density at radius 1 is 1.45 bits per heavy atom. The van der Waals surface area contributed by atoms with Crippen molar-refractivity contribution < 1.29 is 14.3 Å². The van der Waals surface area contributed by atoms with Gasteiger partial charge in [-0.25, -0.2) is 0 Å². The van der Waals surface area contributed by atoms with Gasteiger partial charge in [0.05, 0.1) is 24.8 Å². The van der Waals surface area contributed by atoms with E-state index < -0.39 is 5.54 Å². The van der Waals surface area contributed by atoms with Gasteiger partial charge in [0.1, 0.15) is 0 Å². The Morgan fingerprint density at radius 2 is 2.15 bits per heavy atom. The first-order valence-electron chi connectivity index (χ1n) is 7.52. The van der Waals surface area contributed by atoms with Gasteiger partial charge >= 0.3 is 0 Å². The summed E-state index contributed by atoms with van der Waals surface area (Å²) in [4.78, 5) is 14.7. The SMILES string of the molecule is COCCN(C(=O)C1(N)CCCC(C)C1)C(C)COC. The number of hydrogen-bond donors (Lipinski definition) is 1. The summed E-state index contributed by atoms with van der Waals surface area (Å²) in [5, 5.41) is 0. The highest BCUT2D eigenvalue weighted by atomic mass is 16.5. The van der Waals surface area contributed by atoms with E-state index in [-0.39, 0.29) is 11.9 Å². The molecule has 1 fully saturated rings. The summed E-state index contributed by atoms with van der Waals surface area (Å²) in [6, 6.07) is 0.0142. The van der Waals surface area contributed by atoms with Crippen LogP contribution in [0.5, 0.6) is 0 Å². The average molecular weight is 286 g/mol. The van der Waals surface area contributed by atoms with Gasteiger partial charge in [0.15, 0.2) is 0 Å². The summed E-state index contributed by atoms with van der Waals surface area (Å²) in [5.74, 6) is 0.561. The highest BCUT2D eigenvalue weighted by molar-refractivity contribution is 5.86. The molecule has 0 heterocycles. The van der Waals surface area contributed by atoms with Crippen molar-refractivity contribution in [2.24, 2.45) is 11.7 Å². The molecule has 1 amide bonds. The van der Waals surface area contributed by atoms with E-state index in [1.165, 1.54) is 0 Å². The predicted molar refractivity (Wildman–Crippen MR) is 79.5 cm³/mol. The second-order valence-corrected chi connectivity index (χ2v) is 6.15. The Labute approximate surface area is 122 Å². The van der Waals surface area contributed by atoms with E-state index in [1.54, 1.807) is 14.2 Å². The normalized spacial score (nSPS) is 28.1. The number of hydrogen-bond acceptors (Lipinski definition) is 4. The van der Waals surface area contributed by atoms with Gasteiger partial charge in [-0.05, 0) is 25.7 Å². The zero-order valence-corrected chi connectivity index (χ0v) is 13.4. The fraction of sp³-hybridized carbons (Fsp3) is 0.933. The van der Waals surface area contributed by atoms with Gasteiger partial charge in [-0.3, -0.25) is 4.79 Å². The third-order valence-electron chi connectivity index (χ3n) is 4.20. The maximum Gasteiger partial charge on any atom is 0.243 e. The second-order valence-electron chi connectivity index (χ2n) is 6.15. The molecule has 5 heteroatoms. The molecule has 0 radical (unpaired) electrons. The molecule has 118 valence electrons. The van der Waals surface area contributed by atoms with Crippen molar-refractivity contribution in [3.8, 4) is 0 Å². The molecule has 3 atom stereocenters. The zero-order valence-electron chi connectivity index (χ0n) is 13.4. The summed E-state index contributed by atoms with van der Waals surface area (Å²) in [5.41, 5.74) is 5.71. The number of nitrogens with two attached hydrogens (primary N) is 1. The highest BCUT2D eigenvalue weighted by Gasteiger charge is 2.41. The third kappa shape index (κ3) is 4.43. The number of rotatable bonds is 7. The van der Waals surface area contributed by atoms with Crippen molar-refractivity contribution in [1.29, 1.82) is 0 Å². The van der Waals surface area contributed by atoms with E-state index in [0.29, 0.717) is 25.7 Å². The molecular weight excluding hydrogens is 256 g/mol. The minimum absolute atomic E-state index is 0.0142. The van der Waals surface area contributed by atoms with Gasteiger partial charge in [0, 0.05) is 20.8 Å². The van der Waals surface area contributed by atoms with Crippen LogP contribution >= 0.6 is 0 Å². The lowest BCUT2D eigenvalue weighted by Crippen LogP contribution is -2.60. The lowest BCUT2D eigenvalue weighted by Gasteiger charge is -2.41. The Kier molecular flexibility index (Phi) is 6.92. The first-order valence-corrected chi connectivity index (χ1v) is 7.52. The van der Waals surface area contributed by atoms with Crippen molar-refractivity contribution >= 4 is 5.91 Å². The molecule has 1 aliphatic rings. The smallest absolute Gasteiger partial charge is 0.243 e. The fourth-order valence-corrected chi connectivity index (χ4v) is 3.12. The maximum atomic E-state index is 12.9. The molecule has 0 aromatic heterocycles. The third-order valence-corrected chi connectivity index (χ3v) is 4.20. The predicted octanol–water partition coefficient (Wildman–Crippen LogP) is 1.40. The van der Waals surface area contributed by atoms with Crippen LogP contribution < -0.4 is 5.73 Å². The van der Waals surface area contributed by atoms with Crippen LogP contribution in [0.15, 0.2) is 0 Å². The lowest BCUT2D eigenvalue weighted by molar-refractivity contribution is -0.142. The van der Waals surface area contributed by atoms with Crippen molar-refractivity contribution in [2.45, 2.75) is 51.1 Å². The zero-order chi connectivity index (χ0) is 15.2. The summed E-state index contributed by atoms with van der Waals surface area (Å²) in [6.07, 6.45) is 3.74. The number of ether oxygens (including phenoxy) is 2. The summed E-state index contributed by atoms with van der Waals surface area (Å²) in [6.45, 7) is 5.76. The van der Waals surface area contributed by atoms with Crippen LogP contribution in [0.4, 0.5) is 0 Å². The first-order chi connectivity index (χ1) is 9.44. The fourth-order valence-electron chi connectivity index (χ4n) is 3.12. The first kappa shape index (κ1) is 17.4. The van der Waals surface area contributed by atoms with Crippen LogP contribution in [0.2, 0.25) is 0 Å². The molecular formula is C15H30N2O3. The van der Waals surface area contributed by atoms with Gasteiger partial charge in [-0.15, -0.1) is 0 Å². The van der Waals surface area contributed by atoms with Gasteiger partial charge in [-0.2, -0.15) is 0 Å². The Balaban J connectivity index is 2.79. The molecule has 0 aliphatic heterocycles. The van der Waals surface area contributed by atoms with Crippen molar-refractivity contribution in [2.75, 3.05) is 34.0 Å². The summed E-state index contributed by atoms with van der Waals surface area (Å²) < 4.78 is 10.3. The molecule has 3 unspecified atom stereocenters. The molecule has 1 saturated carbocycles. The van der Waals surface area contributed by atoms with E-state index in [0.717, 1.165) is 25.7 Å². The standard InChI is InChI=1S/C15H30N2O3/c1-12-6-5-7-15(16,10-12)14(18)17(8-9-19-3)13(2)11-20-4/h12-13H,5-11,16H2,1-4H3. The lowest BCUT2D eigenvalue weighted by atomic mass is 9.76. The van der Waals surface area contributed by atoms with E-state index in [9.17, 15) is 4.79 Å². The number of nitrogens with zero attached hydrogens (tertiary/aromatic N) is 1. The van der Waals surface area contributed by atoms with E-state index in [4.69, 9.17) is 15.2 Å².